The Morgan fingerprint density at radius 1 is 0.938 bits per heavy atom. The lowest BCUT2D eigenvalue weighted by Gasteiger charge is -2.20. The van der Waals surface area contributed by atoms with Gasteiger partial charge in [-0.15, -0.1) is 0 Å². The van der Waals surface area contributed by atoms with Crippen molar-refractivity contribution < 1.29 is 4.79 Å². The Morgan fingerprint density at radius 3 is 2.25 bits per heavy atom. The molecule has 1 aliphatic rings. The number of rotatable bonds is 16. The first-order chi connectivity index (χ1) is 23.1. The number of carbonyl (C=O) groups excluding carboxylic acids is 1. The molecule has 0 aliphatic heterocycles. The zero-order valence-corrected chi connectivity index (χ0v) is 31.3. The van der Waals surface area contributed by atoms with Crippen LogP contribution in [-0.2, 0) is 11.8 Å². The van der Waals surface area contributed by atoms with E-state index in [0.29, 0.717) is 17.5 Å². The zero-order chi connectivity index (χ0) is 35.2. The number of allylic oxidation sites excluding steroid dienone is 6. The van der Waals surface area contributed by atoms with Crippen molar-refractivity contribution in [3.63, 3.8) is 0 Å². The van der Waals surface area contributed by atoms with Crippen LogP contribution in [-0.4, -0.2) is 15.0 Å². The van der Waals surface area contributed by atoms with Crippen molar-refractivity contribution in [2.75, 3.05) is 0 Å². The summed E-state index contributed by atoms with van der Waals surface area (Å²) in [4.78, 5) is 13.3. The van der Waals surface area contributed by atoms with Crippen molar-refractivity contribution >= 4 is 40.1 Å². The average Bonchev–Trinajstić information content (AvgIpc) is 3.60. The number of nitrogens with zero attached hydrogens (tertiary/aromatic N) is 2. The van der Waals surface area contributed by atoms with E-state index in [-0.39, 0.29) is 11.8 Å². The highest BCUT2D eigenvalue weighted by atomic mass is 16.1. The second-order valence-electron chi connectivity index (χ2n) is 13.9. The molecule has 2 N–H and O–H groups in total. The maximum Gasteiger partial charge on any atom is 0.249 e. The van der Waals surface area contributed by atoms with Gasteiger partial charge < -0.3 is 14.9 Å². The molecule has 260 valence electrons. The lowest BCUT2D eigenvalue weighted by atomic mass is 9.85. The highest BCUT2D eigenvalue weighted by Gasteiger charge is 2.27. The third kappa shape index (κ3) is 9.87. The van der Waals surface area contributed by atoms with Gasteiger partial charge in [0.05, 0.1) is 5.57 Å². The lowest BCUT2D eigenvalue weighted by Crippen LogP contribution is -2.31. The molecule has 1 unspecified atom stereocenters. The van der Waals surface area contributed by atoms with Crippen LogP contribution >= 0.6 is 0 Å². The summed E-state index contributed by atoms with van der Waals surface area (Å²) in [7, 11) is 2.10. The Labute approximate surface area is 291 Å². The number of hydrogen-bond acceptors (Lipinski definition) is 1. The Morgan fingerprint density at radius 2 is 1.62 bits per heavy atom. The Bertz CT molecular complexity index is 1720. The van der Waals surface area contributed by atoms with E-state index in [0.717, 1.165) is 73.5 Å². The minimum Gasteiger partial charge on any atom is -0.366 e. The molecule has 0 saturated carbocycles. The van der Waals surface area contributed by atoms with E-state index >= 15 is 0 Å². The minimum absolute atomic E-state index is 0.198. The fourth-order valence-corrected chi connectivity index (χ4v) is 6.97. The highest BCUT2D eigenvalue weighted by molar-refractivity contribution is 6.29. The number of unbranched alkanes of at least 4 members (excludes halogenated alkanes) is 1. The number of para-hydroxylation sites is 1. The van der Waals surface area contributed by atoms with Crippen LogP contribution in [0.4, 0.5) is 0 Å². The predicted molar refractivity (Wildman–Crippen MR) is 211 cm³/mol. The highest BCUT2D eigenvalue weighted by Crippen LogP contribution is 2.38. The molecule has 0 saturated heterocycles. The summed E-state index contributed by atoms with van der Waals surface area (Å²) in [6, 6.07) is 8.91. The number of amides is 1. The van der Waals surface area contributed by atoms with E-state index in [9.17, 15) is 4.79 Å². The molecule has 4 heteroatoms. The van der Waals surface area contributed by atoms with Gasteiger partial charge in [0.25, 0.3) is 0 Å². The number of carbonyl (C=O) groups is 1. The summed E-state index contributed by atoms with van der Waals surface area (Å²) in [5.41, 5.74) is 12.5. The number of nitrogens with two attached hydrogens (primary N) is 1. The molecule has 2 heterocycles. The number of primary amides is 1. The van der Waals surface area contributed by atoms with Gasteiger partial charge >= 0.3 is 0 Å². The third-order valence-corrected chi connectivity index (χ3v) is 9.38. The van der Waals surface area contributed by atoms with Gasteiger partial charge in [-0.05, 0) is 68.4 Å². The van der Waals surface area contributed by atoms with Crippen LogP contribution in [0, 0.1) is 11.8 Å². The summed E-state index contributed by atoms with van der Waals surface area (Å²) >= 11 is 0. The average molecular weight is 650 g/mol. The van der Waals surface area contributed by atoms with Gasteiger partial charge in [-0.1, -0.05) is 135 Å². The van der Waals surface area contributed by atoms with Crippen LogP contribution in [0.15, 0.2) is 73.1 Å². The summed E-state index contributed by atoms with van der Waals surface area (Å²) in [6.45, 7) is 19.5. The van der Waals surface area contributed by atoms with Gasteiger partial charge in [0, 0.05) is 58.1 Å². The third-order valence-electron chi connectivity index (χ3n) is 9.38. The predicted octanol–water partition coefficient (Wildman–Crippen LogP) is 10.4. The maximum absolute atomic E-state index is 13.3. The summed E-state index contributed by atoms with van der Waals surface area (Å²) in [5, 5.41) is 3.59. The summed E-state index contributed by atoms with van der Waals surface area (Å²) in [5.74, 6) is 0.559. The standard InChI is InChI=1S/C31H41N3O.C13H22/c1-6-13-22(14-7-2)34-20-26(24-16-10-12-18-28(24)34)30(31(32)35)29(21(4)8-3)25-19-33(5)27-17-11-9-15-23(25)27;1-5-6-7-8-9-10-13(4)11-12(2)3/h10,12,15-22H,6-9,11,13-14H2,1-5H3,(H2,32,35);7-10,12H,4-6,11H2,1-3H3/b30-29+;8-7-,10-9-. The van der Waals surface area contributed by atoms with Gasteiger partial charge in [-0.25, -0.2) is 0 Å². The second kappa shape index (κ2) is 19.3. The molecule has 0 spiro atoms. The van der Waals surface area contributed by atoms with E-state index in [1.165, 1.54) is 34.5 Å². The number of fused-ring (bicyclic) bond motifs is 2. The van der Waals surface area contributed by atoms with E-state index in [2.05, 4.69) is 144 Å². The van der Waals surface area contributed by atoms with Crippen LogP contribution < -0.4 is 16.3 Å². The first-order valence-corrected chi connectivity index (χ1v) is 18.6. The number of aryl methyl sites for hydroxylation is 1. The van der Waals surface area contributed by atoms with E-state index in [4.69, 9.17) is 5.73 Å². The number of aromatic nitrogens is 2. The Hall–Kier alpha value is -3.79. The monoisotopic (exact) mass is 649 g/mol. The summed E-state index contributed by atoms with van der Waals surface area (Å²) in [6.07, 6.45) is 28.5. The van der Waals surface area contributed by atoms with E-state index in [1.807, 2.05) is 0 Å². The first kappa shape index (κ1) is 38.7. The molecule has 1 amide bonds. The quantitative estimate of drug-likeness (QED) is 0.122. The molecule has 2 aromatic heterocycles. The zero-order valence-electron chi connectivity index (χ0n) is 31.3. The summed E-state index contributed by atoms with van der Waals surface area (Å²) < 4.78 is 4.61. The molecule has 0 radical (unpaired) electrons. The van der Waals surface area contributed by atoms with E-state index < -0.39 is 0 Å². The molecule has 1 aliphatic carbocycles. The van der Waals surface area contributed by atoms with Crippen LogP contribution in [0.3, 0.4) is 0 Å². The van der Waals surface area contributed by atoms with Crippen molar-refractivity contribution in [2.45, 2.75) is 119 Å². The molecule has 4 rings (SSSR count). The van der Waals surface area contributed by atoms with Gasteiger partial charge in [0.15, 0.2) is 0 Å². The Balaban J connectivity index is 0.000000408. The first-order valence-electron chi connectivity index (χ1n) is 18.6. The molecule has 0 bridgehead atoms. The van der Waals surface area contributed by atoms with Crippen molar-refractivity contribution in [3.8, 4) is 0 Å². The van der Waals surface area contributed by atoms with Gasteiger partial charge in [-0.3, -0.25) is 4.79 Å². The molecular weight excluding hydrogens is 587 g/mol. The van der Waals surface area contributed by atoms with Crippen molar-refractivity contribution in [1.82, 2.24) is 9.13 Å². The topological polar surface area (TPSA) is 52.9 Å². The fraction of sp³-hybridized carbons (Fsp3) is 0.477. The van der Waals surface area contributed by atoms with Gasteiger partial charge in [0.1, 0.15) is 0 Å². The van der Waals surface area contributed by atoms with Crippen LogP contribution in [0.5, 0.6) is 0 Å². The lowest BCUT2D eigenvalue weighted by molar-refractivity contribution is -0.112. The van der Waals surface area contributed by atoms with Crippen LogP contribution in [0.2, 0.25) is 0 Å². The normalized spacial score (nSPS) is 14.1. The molecule has 0 fully saturated rings. The molecule has 1 atom stereocenters. The molecule has 1 aromatic carbocycles. The van der Waals surface area contributed by atoms with Gasteiger partial charge in [-0.2, -0.15) is 0 Å². The SMILES string of the molecule is C=C(/C=C\C=C/CCC)CC(C)C.CCCC(CCC)n1cc(/C(C(N)=O)=C(\c2cn(C)c3c2=CCCC=3)C(C)CC)c2ccccc21. The largest absolute Gasteiger partial charge is 0.366 e. The fourth-order valence-electron chi connectivity index (χ4n) is 6.97. The molecule has 48 heavy (non-hydrogen) atoms. The van der Waals surface area contributed by atoms with Crippen LogP contribution in [0.1, 0.15) is 130 Å². The van der Waals surface area contributed by atoms with Crippen molar-refractivity contribution in [3.05, 3.63) is 94.8 Å². The maximum atomic E-state index is 13.3. The second-order valence-corrected chi connectivity index (χ2v) is 13.9. The van der Waals surface area contributed by atoms with Crippen LogP contribution in [0.25, 0.3) is 34.2 Å². The Kier molecular flexibility index (Phi) is 15.5. The smallest absolute Gasteiger partial charge is 0.249 e. The van der Waals surface area contributed by atoms with Gasteiger partial charge in [0.2, 0.25) is 5.91 Å². The number of hydrogen-bond donors (Lipinski definition) is 1. The molecule has 3 aromatic rings. The molecular formula is C44H63N3O. The van der Waals surface area contributed by atoms with Crippen molar-refractivity contribution in [1.29, 1.82) is 0 Å². The van der Waals surface area contributed by atoms with Crippen molar-refractivity contribution in [2.24, 2.45) is 24.6 Å². The molecule has 4 nitrogen and oxygen atoms in total. The van der Waals surface area contributed by atoms with E-state index in [1.54, 1.807) is 0 Å². The number of benzene rings is 1. The minimum atomic E-state index is -0.344.